The van der Waals surface area contributed by atoms with Crippen LogP contribution in [0.25, 0.3) is 0 Å². The number of hydrogen-bond acceptors (Lipinski definition) is 1. The normalized spacial score (nSPS) is 22.3. The van der Waals surface area contributed by atoms with E-state index in [1.54, 1.807) is 7.11 Å². The molecule has 0 heterocycles. The molecule has 0 amide bonds. The van der Waals surface area contributed by atoms with Crippen LogP contribution in [0.1, 0.15) is 6.42 Å². The van der Waals surface area contributed by atoms with Crippen LogP contribution < -0.4 is 0 Å². The summed E-state index contributed by atoms with van der Waals surface area (Å²) in [6, 6.07) is 0. The largest absolute Gasteiger partial charge is 0.384 e. The predicted octanol–water partition coefficient (Wildman–Crippen LogP) is 2.38. The average Bonchev–Trinajstić information content (AvgIpc) is 1.91. The number of allylic oxidation sites excluding steroid dienone is 3. The summed E-state index contributed by atoms with van der Waals surface area (Å²) in [6.07, 6.45) is 9.64. The van der Waals surface area contributed by atoms with E-state index in [-0.39, 0.29) is 24.0 Å². The van der Waals surface area contributed by atoms with Crippen molar-refractivity contribution < 1.29 is 4.74 Å². The number of hydrogen-bond donors (Lipinski definition) is 0. The molecule has 1 rings (SSSR count). The molecule has 0 aromatic heterocycles. The quantitative estimate of drug-likeness (QED) is 0.685. The van der Waals surface area contributed by atoms with E-state index in [4.69, 9.17) is 4.74 Å². The minimum atomic E-state index is 0. The molecule has 0 saturated carbocycles. The molecule has 0 fully saturated rings. The maximum Gasteiger partial charge on any atom is 0.0528 e. The van der Waals surface area contributed by atoms with E-state index in [2.05, 4.69) is 24.3 Å². The first-order chi connectivity index (χ1) is 4.43. The van der Waals surface area contributed by atoms with E-state index >= 15 is 0 Å². The van der Waals surface area contributed by atoms with Gasteiger partial charge in [0.1, 0.15) is 0 Å². The minimum absolute atomic E-state index is 0. The third-order valence-corrected chi connectivity index (χ3v) is 1.45. The molecule has 0 bridgehead atoms. The Morgan fingerprint density at radius 1 is 1.50 bits per heavy atom. The topological polar surface area (TPSA) is 9.23 Å². The molecule has 58 valence electrons. The number of ether oxygens (including phenoxy) is 1. The van der Waals surface area contributed by atoms with Crippen LogP contribution in [-0.4, -0.2) is 13.7 Å². The van der Waals surface area contributed by atoms with E-state index in [9.17, 15) is 0 Å². The molecule has 0 aromatic carbocycles. The van der Waals surface area contributed by atoms with Gasteiger partial charge in [-0.2, -0.15) is 0 Å². The maximum absolute atomic E-state index is 5.00. The van der Waals surface area contributed by atoms with Gasteiger partial charge < -0.3 is 4.74 Å². The van der Waals surface area contributed by atoms with Crippen LogP contribution in [0.5, 0.6) is 0 Å². The molecule has 0 aromatic rings. The second-order valence-electron chi connectivity index (χ2n) is 2.26. The predicted molar refractivity (Wildman–Crippen MR) is 53.7 cm³/mol. The zero-order chi connectivity index (χ0) is 6.53. The van der Waals surface area contributed by atoms with Crippen molar-refractivity contribution in [2.24, 2.45) is 5.92 Å². The highest BCUT2D eigenvalue weighted by atomic mass is 127. The minimum Gasteiger partial charge on any atom is -0.384 e. The van der Waals surface area contributed by atoms with Crippen molar-refractivity contribution in [2.45, 2.75) is 6.42 Å². The van der Waals surface area contributed by atoms with Crippen LogP contribution in [0, 0.1) is 5.92 Å². The summed E-state index contributed by atoms with van der Waals surface area (Å²) in [5.74, 6) is 0.611. The highest BCUT2D eigenvalue weighted by Gasteiger charge is 2.02. The molecule has 0 saturated heterocycles. The fourth-order valence-electron chi connectivity index (χ4n) is 0.969. The van der Waals surface area contributed by atoms with Crippen molar-refractivity contribution in [1.82, 2.24) is 0 Å². The first kappa shape index (κ1) is 10.2. The summed E-state index contributed by atoms with van der Waals surface area (Å²) in [5.41, 5.74) is 0. The Balaban J connectivity index is 0.000000810. The van der Waals surface area contributed by atoms with Crippen molar-refractivity contribution in [1.29, 1.82) is 0 Å². The molecular formula is C8H13IO. The van der Waals surface area contributed by atoms with E-state index in [0.29, 0.717) is 5.92 Å². The summed E-state index contributed by atoms with van der Waals surface area (Å²) in [4.78, 5) is 0. The molecule has 0 radical (unpaired) electrons. The Labute approximate surface area is 79.2 Å². The Morgan fingerprint density at radius 2 is 2.30 bits per heavy atom. The first-order valence-corrected chi connectivity index (χ1v) is 3.26. The van der Waals surface area contributed by atoms with Gasteiger partial charge in [-0.15, -0.1) is 24.0 Å². The molecule has 0 spiro atoms. The van der Waals surface area contributed by atoms with Crippen LogP contribution in [0.4, 0.5) is 0 Å². The third-order valence-electron chi connectivity index (χ3n) is 1.45. The van der Waals surface area contributed by atoms with Crippen molar-refractivity contribution >= 4 is 24.0 Å². The SMILES string of the molecule is COCC1C=CC=CC1.I. The van der Waals surface area contributed by atoms with Gasteiger partial charge in [0.05, 0.1) is 6.61 Å². The molecule has 1 atom stereocenters. The molecule has 0 N–H and O–H groups in total. The zero-order valence-corrected chi connectivity index (χ0v) is 8.45. The fourth-order valence-corrected chi connectivity index (χ4v) is 0.969. The number of methoxy groups -OCH3 is 1. The van der Waals surface area contributed by atoms with Crippen molar-refractivity contribution in [3.8, 4) is 0 Å². The molecule has 1 nitrogen and oxygen atoms in total. The summed E-state index contributed by atoms with van der Waals surface area (Å²) in [7, 11) is 1.74. The van der Waals surface area contributed by atoms with E-state index < -0.39 is 0 Å². The third kappa shape index (κ3) is 3.37. The van der Waals surface area contributed by atoms with Crippen molar-refractivity contribution in [2.75, 3.05) is 13.7 Å². The standard InChI is InChI=1S/C8H12O.HI/c1-9-7-8-5-3-2-4-6-8;/h2-5,8H,6-7H2,1H3;1H. The van der Waals surface area contributed by atoms with Gasteiger partial charge >= 0.3 is 0 Å². The van der Waals surface area contributed by atoms with Gasteiger partial charge in [0.15, 0.2) is 0 Å². The van der Waals surface area contributed by atoms with Crippen LogP contribution >= 0.6 is 24.0 Å². The van der Waals surface area contributed by atoms with Gasteiger partial charge in [0.2, 0.25) is 0 Å². The van der Waals surface area contributed by atoms with E-state index in [1.165, 1.54) is 0 Å². The molecule has 1 aliphatic carbocycles. The number of halogens is 1. The lowest BCUT2D eigenvalue weighted by atomic mass is 10.0. The number of rotatable bonds is 2. The lowest BCUT2D eigenvalue weighted by molar-refractivity contribution is 0.170. The lowest BCUT2D eigenvalue weighted by Gasteiger charge is -2.09. The molecule has 1 unspecified atom stereocenters. The second-order valence-corrected chi connectivity index (χ2v) is 2.26. The van der Waals surface area contributed by atoms with Crippen LogP contribution in [0.2, 0.25) is 0 Å². The maximum atomic E-state index is 5.00. The molecule has 0 aliphatic heterocycles. The Bertz CT molecular complexity index is 129. The summed E-state index contributed by atoms with van der Waals surface area (Å²) in [6.45, 7) is 0.848. The Kier molecular flexibility index (Phi) is 6.02. The Hall–Kier alpha value is 0.170. The van der Waals surface area contributed by atoms with Gasteiger partial charge in [-0.3, -0.25) is 0 Å². The van der Waals surface area contributed by atoms with Gasteiger partial charge in [-0.1, -0.05) is 24.3 Å². The fraction of sp³-hybridized carbons (Fsp3) is 0.500. The zero-order valence-electron chi connectivity index (χ0n) is 6.12. The monoisotopic (exact) mass is 252 g/mol. The summed E-state index contributed by atoms with van der Waals surface area (Å²) < 4.78 is 5.00. The molecule has 2 heteroatoms. The van der Waals surface area contributed by atoms with Gasteiger partial charge in [-0.25, -0.2) is 0 Å². The molecule has 10 heavy (non-hydrogen) atoms. The van der Waals surface area contributed by atoms with Crippen molar-refractivity contribution in [3.05, 3.63) is 24.3 Å². The van der Waals surface area contributed by atoms with Gasteiger partial charge in [0.25, 0.3) is 0 Å². The van der Waals surface area contributed by atoms with Gasteiger partial charge in [0, 0.05) is 13.0 Å². The second kappa shape index (κ2) is 5.92. The molecule has 1 aliphatic rings. The average molecular weight is 252 g/mol. The first-order valence-electron chi connectivity index (χ1n) is 3.26. The molecular weight excluding hydrogens is 239 g/mol. The highest BCUT2D eigenvalue weighted by molar-refractivity contribution is 14.0. The summed E-state index contributed by atoms with van der Waals surface area (Å²) >= 11 is 0. The Morgan fingerprint density at radius 3 is 2.80 bits per heavy atom. The van der Waals surface area contributed by atoms with E-state index in [1.807, 2.05) is 0 Å². The van der Waals surface area contributed by atoms with Crippen LogP contribution in [0.3, 0.4) is 0 Å². The highest BCUT2D eigenvalue weighted by Crippen LogP contribution is 2.10. The van der Waals surface area contributed by atoms with Crippen LogP contribution in [0.15, 0.2) is 24.3 Å². The van der Waals surface area contributed by atoms with Crippen molar-refractivity contribution in [3.63, 3.8) is 0 Å². The van der Waals surface area contributed by atoms with E-state index in [0.717, 1.165) is 13.0 Å². The smallest absolute Gasteiger partial charge is 0.0528 e. The summed E-state index contributed by atoms with van der Waals surface area (Å²) in [5, 5.41) is 0. The van der Waals surface area contributed by atoms with Gasteiger partial charge in [-0.05, 0) is 6.42 Å². The lowest BCUT2D eigenvalue weighted by Crippen LogP contribution is -2.04. The van der Waals surface area contributed by atoms with Crippen LogP contribution in [-0.2, 0) is 4.74 Å².